The van der Waals surface area contributed by atoms with Gasteiger partial charge in [-0.25, -0.2) is 16.8 Å². The maximum atomic E-state index is 11.4. The van der Waals surface area contributed by atoms with Crippen LogP contribution in [-0.4, -0.2) is 47.5 Å². The van der Waals surface area contributed by atoms with Crippen LogP contribution in [0.1, 0.15) is 26.7 Å². The van der Waals surface area contributed by atoms with Gasteiger partial charge in [0.2, 0.25) is 0 Å². The molecule has 0 saturated carbocycles. The second-order valence-electron chi connectivity index (χ2n) is 5.26. The Balaban J connectivity index is 0.000000496. The van der Waals surface area contributed by atoms with Crippen molar-refractivity contribution in [1.29, 1.82) is 0 Å². The monoisotopic (exact) mass is 408 g/mol. The topological polar surface area (TPSA) is 86.8 Å². The fourth-order valence-electron chi connectivity index (χ4n) is 1.94. The van der Waals surface area contributed by atoms with Crippen LogP contribution in [0, 0.1) is 5.92 Å². The van der Waals surface area contributed by atoms with E-state index in [4.69, 9.17) is 0 Å². The molecule has 1 fully saturated rings. The molecule has 0 aliphatic carbocycles. The first-order valence-electron chi connectivity index (χ1n) is 6.74. The molecule has 0 aromatic carbocycles. The Labute approximate surface area is 136 Å². The molecule has 6 nitrogen and oxygen atoms in total. The van der Waals surface area contributed by atoms with Crippen LogP contribution in [0.5, 0.6) is 0 Å². The second kappa shape index (κ2) is 8.19. The van der Waals surface area contributed by atoms with Crippen LogP contribution in [0.2, 0.25) is 0 Å². The van der Waals surface area contributed by atoms with E-state index in [1.54, 1.807) is 0 Å². The first-order chi connectivity index (χ1) is 10.5. The molecule has 24 heavy (non-hydrogen) atoms. The zero-order valence-corrected chi connectivity index (χ0v) is 14.4. The van der Waals surface area contributed by atoms with Gasteiger partial charge < -0.3 is 9.03 Å². The molecule has 1 heterocycles. The van der Waals surface area contributed by atoms with E-state index >= 15 is 0 Å². The van der Waals surface area contributed by atoms with Crippen molar-refractivity contribution in [2.75, 3.05) is 19.6 Å². The molecule has 1 aliphatic heterocycles. The molecule has 2 unspecified atom stereocenters. The van der Waals surface area contributed by atoms with Gasteiger partial charge in [-0.2, -0.15) is 26.3 Å². The Morgan fingerprint density at radius 1 is 1.00 bits per heavy atom. The number of rotatable bonds is 4. The van der Waals surface area contributed by atoms with Gasteiger partial charge in [0.25, 0.3) is 0 Å². The van der Waals surface area contributed by atoms with Crippen LogP contribution < -0.4 is 4.90 Å². The van der Waals surface area contributed by atoms with E-state index < -0.39 is 31.1 Å². The van der Waals surface area contributed by atoms with Gasteiger partial charge in [-0.15, -0.1) is 0 Å². The molecule has 0 bridgehead atoms. The third-order valence-corrected chi connectivity index (χ3v) is 5.75. The van der Waals surface area contributed by atoms with E-state index in [0.717, 1.165) is 10.0 Å². The van der Waals surface area contributed by atoms with Gasteiger partial charge in [-0.3, -0.25) is 0 Å². The van der Waals surface area contributed by atoms with Crippen LogP contribution in [0.4, 0.5) is 26.3 Å². The lowest BCUT2D eigenvalue weighted by atomic mass is 10.2. The van der Waals surface area contributed by atoms with Crippen molar-refractivity contribution in [3.05, 3.63) is 4.13 Å². The minimum atomic E-state index is -6.72. The molecule has 0 aromatic rings. The van der Waals surface area contributed by atoms with E-state index in [1.165, 1.54) is 32.5 Å². The van der Waals surface area contributed by atoms with Gasteiger partial charge in [-0.1, -0.05) is 13.8 Å². The zero-order chi connectivity index (χ0) is 19.4. The number of quaternary nitrogens is 1. The number of hydrogen-bond acceptors (Lipinski definition) is 4. The van der Waals surface area contributed by atoms with Crippen molar-refractivity contribution >= 4 is 20.0 Å². The summed E-state index contributed by atoms with van der Waals surface area (Å²) in [5.41, 5.74) is -12.4. The molecule has 14 heteroatoms. The first-order valence-corrected chi connectivity index (χ1v) is 9.62. The Bertz CT molecular complexity index is 556. The van der Waals surface area contributed by atoms with E-state index in [-0.39, 0.29) is 0 Å². The number of hydrogen-bond donors (Lipinski definition) is 1. The van der Waals surface area contributed by atoms with E-state index in [2.05, 4.69) is 13.8 Å². The minimum absolute atomic E-state index is 0.778. The van der Waals surface area contributed by atoms with Gasteiger partial charge in [0.05, 0.1) is 19.6 Å². The van der Waals surface area contributed by atoms with Crippen molar-refractivity contribution in [3.63, 3.8) is 0 Å². The Morgan fingerprint density at radius 3 is 1.67 bits per heavy atom. The number of halogens is 6. The number of nitrogens with one attached hydrogen (secondary N) is 1. The average molecular weight is 408 g/mol. The first kappa shape index (κ1) is 23.4. The maximum Gasteiger partial charge on any atom is 0.480 e. The molecule has 1 rings (SSSR count). The highest BCUT2D eigenvalue weighted by Crippen LogP contribution is 2.36. The van der Waals surface area contributed by atoms with Crippen molar-refractivity contribution in [2.24, 2.45) is 5.92 Å². The normalized spacial score (nSPS) is 22.8. The van der Waals surface area contributed by atoms with Gasteiger partial charge in [0.1, 0.15) is 0 Å². The van der Waals surface area contributed by atoms with E-state index in [9.17, 15) is 43.2 Å². The lowest BCUT2D eigenvalue weighted by Crippen LogP contribution is -3.10. The average Bonchev–Trinajstić information content (AvgIpc) is 2.72. The summed E-state index contributed by atoms with van der Waals surface area (Å²) in [6, 6.07) is 0. The summed E-state index contributed by atoms with van der Waals surface area (Å²) in [5.74, 6) is 0.992. The highest BCUT2D eigenvalue weighted by Gasteiger charge is 2.46. The highest BCUT2D eigenvalue weighted by atomic mass is 32.3. The lowest BCUT2D eigenvalue weighted by Gasteiger charge is -2.22. The smallest absolute Gasteiger partial charge is 0.421 e. The minimum Gasteiger partial charge on any atom is -0.421 e. The maximum absolute atomic E-state index is 11.4. The van der Waals surface area contributed by atoms with Crippen molar-refractivity contribution in [3.8, 4) is 0 Å². The van der Waals surface area contributed by atoms with Gasteiger partial charge in [0, 0.05) is 12.3 Å². The van der Waals surface area contributed by atoms with Crippen molar-refractivity contribution in [1.82, 2.24) is 0 Å². The van der Waals surface area contributed by atoms with E-state index in [1.807, 2.05) is 4.90 Å². The van der Waals surface area contributed by atoms with Crippen LogP contribution in [0.3, 0.4) is 0 Å². The second-order valence-corrected chi connectivity index (χ2v) is 8.69. The molecule has 2 atom stereocenters. The molecule has 146 valence electrons. The summed E-state index contributed by atoms with van der Waals surface area (Å²) in [7, 11) is -13.4. The lowest BCUT2D eigenvalue weighted by molar-refractivity contribution is -0.888. The Morgan fingerprint density at radius 2 is 1.42 bits per heavy atom. The van der Waals surface area contributed by atoms with Gasteiger partial charge in [0.15, 0.2) is 20.0 Å². The van der Waals surface area contributed by atoms with Gasteiger partial charge >= 0.3 is 11.0 Å². The van der Waals surface area contributed by atoms with Crippen molar-refractivity contribution in [2.45, 2.75) is 37.7 Å². The van der Waals surface area contributed by atoms with Crippen molar-refractivity contribution < 1.29 is 48.1 Å². The van der Waals surface area contributed by atoms with Crippen LogP contribution in [0.25, 0.3) is 4.13 Å². The number of sulfonamides is 2. The van der Waals surface area contributed by atoms with Gasteiger partial charge in [-0.05, 0) is 6.42 Å². The largest absolute Gasteiger partial charge is 0.480 e. The molecule has 0 radical (unpaired) electrons. The van der Waals surface area contributed by atoms with Crippen LogP contribution >= 0.6 is 0 Å². The third-order valence-electron chi connectivity index (χ3n) is 3.01. The Hall–Kier alpha value is -0.600. The molecular weight excluding hydrogens is 390 g/mol. The predicted molar refractivity (Wildman–Crippen MR) is 72.9 cm³/mol. The summed E-state index contributed by atoms with van der Waals surface area (Å²) in [6.07, 6.45) is 2.80. The molecular formula is C10H18F6N2O4S2. The van der Waals surface area contributed by atoms with Crippen LogP contribution in [-0.2, 0) is 20.0 Å². The summed E-state index contributed by atoms with van der Waals surface area (Å²) in [5, 5.41) is 0. The summed E-state index contributed by atoms with van der Waals surface area (Å²) < 4.78 is 109. The molecule has 0 amide bonds. The number of nitrogens with zero attached hydrogens (tertiary/aromatic N) is 1. The zero-order valence-electron chi connectivity index (χ0n) is 12.8. The molecule has 0 aromatic heterocycles. The quantitative estimate of drug-likeness (QED) is 0.712. The number of likely N-dealkylation sites (tertiary alicyclic amines) is 1. The molecule has 1 saturated heterocycles. The molecule has 1 N–H and O–H groups in total. The van der Waals surface area contributed by atoms with Crippen LogP contribution in [0.15, 0.2) is 0 Å². The Kier molecular flexibility index (Phi) is 7.98. The predicted octanol–water partition coefficient (Wildman–Crippen LogP) is 1.38. The molecule has 1 aliphatic rings. The summed E-state index contributed by atoms with van der Waals surface area (Å²) in [4.78, 5) is 1.82. The van der Waals surface area contributed by atoms with E-state index in [0.29, 0.717) is 0 Å². The fourth-order valence-corrected chi connectivity index (χ4v) is 3.65. The fraction of sp³-hybridized carbons (Fsp3) is 1.00. The third kappa shape index (κ3) is 7.11. The molecule has 0 spiro atoms. The standard InChI is InChI=1S/C8H17N.C2F6NO4S2/c1-3-5-9-6-4-8(2)7-9;3-1(4,5)14(10,11)9-15(12,13)2(6,7)8/h8H,3-7H2,1-2H3;/q;-1/p+1. The summed E-state index contributed by atoms with van der Waals surface area (Å²) >= 11 is 0. The highest BCUT2D eigenvalue weighted by molar-refractivity contribution is 8.13. The number of alkyl halides is 6. The SMILES string of the molecule is CCC[NH+]1CCC(C)C1.O=S(=O)([N-]S(=O)(=O)C(F)(F)F)C(F)(F)F. The summed E-state index contributed by atoms with van der Waals surface area (Å²) in [6.45, 7) is 8.88.